The topological polar surface area (TPSA) is 42.2 Å². The molecule has 0 bridgehead atoms. The molecule has 1 N–H and O–H groups in total. The molecule has 0 saturated heterocycles. The van der Waals surface area contributed by atoms with E-state index < -0.39 is 5.97 Å². The van der Waals surface area contributed by atoms with Gasteiger partial charge in [-0.25, -0.2) is 0 Å². The number of carboxylic acids is 1. The van der Waals surface area contributed by atoms with Crippen LogP contribution < -0.4 is 0 Å². The van der Waals surface area contributed by atoms with Crippen LogP contribution in [-0.2, 0) is 17.8 Å². The van der Waals surface area contributed by atoms with Crippen molar-refractivity contribution in [2.45, 2.75) is 40.2 Å². The second-order valence-electron chi connectivity index (χ2n) is 7.85. The number of aliphatic carboxylic acids is 1. The predicted molar refractivity (Wildman–Crippen MR) is 115 cm³/mol. The van der Waals surface area contributed by atoms with Gasteiger partial charge in [-0.05, 0) is 60.2 Å². The Morgan fingerprint density at radius 3 is 2.48 bits per heavy atom. The molecule has 3 nitrogen and oxygen atoms in total. The molecule has 0 saturated carbocycles. The van der Waals surface area contributed by atoms with Gasteiger partial charge < -0.3 is 9.67 Å². The Bertz CT molecular complexity index is 990. The van der Waals surface area contributed by atoms with Gasteiger partial charge in [0.25, 0.3) is 0 Å². The molecule has 2 aromatic carbocycles. The van der Waals surface area contributed by atoms with Crippen LogP contribution in [0.25, 0.3) is 10.9 Å². The molecule has 0 fully saturated rings. The summed E-state index contributed by atoms with van der Waals surface area (Å²) in [7, 11) is 0. The molecule has 0 aliphatic heterocycles. The van der Waals surface area contributed by atoms with Crippen LogP contribution in [-0.4, -0.2) is 15.6 Å². The number of halogens is 2. The standard InChI is InChI=1S/C22H23BrClNO2/c1-14-19(11-22(2,3)12-21(26)27)18-10-17(24)8-9-20(18)25(14)13-15-4-6-16(23)7-5-15/h4-10H,11-13H2,1-3H3,(H,26,27). The SMILES string of the molecule is Cc1c(CC(C)(C)CC(=O)O)c2cc(Cl)ccc2n1Cc1ccc(Br)cc1. The zero-order chi connectivity index (χ0) is 19.8. The van der Waals surface area contributed by atoms with Crippen molar-refractivity contribution in [1.29, 1.82) is 0 Å². The molecule has 0 spiro atoms. The molecule has 142 valence electrons. The summed E-state index contributed by atoms with van der Waals surface area (Å²) in [5.41, 5.74) is 4.34. The first-order chi connectivity index (χ1) is 12.7. The maximum atomic E-state index is 11.3. The molecular weight excluding hydrogens is 426 g/mol. The minimum Gasteiger partial charge on any atom is -0.481 e. The van der Waals surface area contributed by atoms with Gasteiger partial charge in [-0.3, -0.25) is 4.79 Å². The average molecular weight is 449 g/mol. The van der Waals surface area contributed by atoms with Crippen LogP contribution in [0.3, 0.4) is 0 Å². The maximum Gasteiger partial charge on any atom is 0.303 e. The fourth-order valence-corrected chi connectivity index (χ4v) is 4.11. The van der Waals surface area contributed by atoms with E-state index in [9.17, 15) is 9.90 Å². The molecule has 1 aromatic heterocycles. The predicted octanol–water partition coefficient (Wildman–Crippen LogP) is 6.46. The van der Waals surface area contributed by atoms with Crippen LogP contribution in [0.15, 0.2) is 46.9 Å². The minimum absolute atomic E-state index is 0.131. The lowest BCUT2D eigenvalue weighted by molar-refractivity contribution is -0.139. The van der Waals surface area contributed by atoms with Crippen molar-refractivity contribution < 1.29 is 9.90 Å². The fourth-order valence-electron chi connectivity index (χ4n) is 3.67. The summed E-state index contributed by atoms with van der Waals surface area (Å²) in [6.45, 7) is 6.88. The Hall–Kier alpha value is -1.78. The van der Waals surface area contributed by atoms with Crippen LogP contribution in [0.4, 0.5) is 0 Å². The molecule has 1 heterocycles. The summed E-state index contributed by atoms with van der Waals surface area (Å²) in [5.74, 6) is -0.769. The van der Waals surface area contributed by atoms with E-state index in [0.29, 0.717) is 11.4 Å². The van der Waals surface area contributed by atoms with Gasteiger partial charge in [-0.2, -0.15) is 0 Å². The van der Waals surface area contributed by atoms with E-state index in [1.54, 1.807) is 0 Å². The van der Waals surface area contributed by atoms with Crippen LogP contribution >= 0.6 is 27.5 Å². The van der Waals surface area contributed by atoms with Crippen molar-refractivity contribution in [3.63, 3.8) is 0 Å². The summed E-state index contributed by atoms with van der Waals surface area (Å²) < 4.78 is 3.35. The highest BCUT2D eigenvalue weighted by atomic mass is 79.9. The van der Waals surface area contributed by atoms with Crippen LogP contribution in [0.2, 0.25) is 5.02 Å². The van der Waals surface area contributed by atoms with Gasteiger partial charge in [0.1, 0.15) is 0 Å². The number of hydrogen-bond acceptors (Lipinski definition) is 1. The van der Waals surface area contributed by atoms with E-state index in [1.165, 1.54) is 11.1 Å². The monoisotopic (exact) mass is 447 g/mol. The van der Waals surface area contributed by atoms with Crippen molar-refractivity contribution in [2.24, 2.45) is 5.41 Å². The van der Waals surface area contributed by atoms with E-state index in [2.05, 4.69) is 45.6 Å². The Balaban J connectivity index is 2.08. The number of hydrogen-bond donors (Lipinski definition) is 1. The number of aromatic nitrogens is 1. The van der Waals surface area contributed by atoms with Gasteiger partial charge >= 0.3 is 5.97 Å². The summed E-state index contributed by atoms with van der Waals surface area (Å²) >= 11 is 9.76. The third kappa shape index (κ3) is 4.56. The van der Waals surface area contributed by atoms with Gasteiger partial charge in [0, 0.05) is 32.6 Å². The number of benzene rings is 2. The normalized spacial score (nSPS) is 11.9. The smallest absolute Gasteiger partial charge is 0.303 e. The lowest BCUT2D eigenvalue weighted by Crippen LogP contribution is -2.20. The Labute approximate surface area is 173 Å². The summed E-state index contributed by atoms with van der Waals surface area (Å²) in [6.07, 6.45) is 0.821. The molecule has 3 aromatic rings. The highest BCUT2D eigenvalue weighted by Crippen LogP contribution is 2.35. The van der Waals surface area contributed by atoms with Crippen LogP contribution in [0.1, 0.15) is 37.1 Å². The van der Waals surface area contributed by atoms with Gasteiger partial charge in [0.2, 0.25) is 0 Å². The van der Waals surface area contributed by atoms with E-state index in [1.807, 2.05) is 38.1 Å². The Morgan fingerprint density at radius 1 is 1.19 bits per heavy atom. The maximum absolute atomic E-state index is 11.3. The number of rotatable bonds is 6. The first-order valence-corrected chi connectivity index (χ1v) is 10.1. The highest BCUT2D eigenvalue weighted by molar-refractivity contribution is 9.10. The van der Waals surface area contributed by atoms with Crippen molar-refractivity contribution in [1.82, 2.24) is 4.57 Å². The number of nitrogens with zero attached hydrogens (tertiary/aromatic N) is 1. The summed E-state index contributed by atoms with van der Waals surface area (Å²) in [6, 6.07) is 14.3. The lowest BCUT2D eigenvalue weighted by Gasteiger charge is -2.22. The zero-order valence-corrected chi connectivity index (χ0v) is 18.1. The van der Waals surface area contributed by atoms with Crippen molar-refractivity contribution in [2.75, 3.05) is 0 Å². The highest BCUT2D eigenvalue weighted by Gasteiger charge is 2.26. The third-order valence-electron chi connectivity index (χ3n) is 4.96. The second kappa shape index (κ2) is 7.69. The van der Waals surface area contributed by atoms with E-state index >= 15 is 0 Å². The molecule has 0 radical (unpaired) electrons. The Kier molecular flexibility index (Phi) is 5.68. The quantitative estimate of drug-likeness (QED) is 0.470. The van der Waals surface area contributed by atoms with Gasteiger partial charge in [-0.15, -0.1) is 0 Å². The van der Waals surface area contributed by atoms with E-state index in [-0.39, 0.29) is 11.8 Å². The van der Waals surface area contributed by atoms with Gasteiger partial charge in [0.05, 0.1) is 6.42 Å². The minimum atomic E-state index is -0.769. The lowest BCUT2D eigenvalue weighted by atomic mass is 9.82. The molecule has 0 aliphatic carbocycles. The van der Waals surface area contributed by atoms with E-state index in [0.717, 1.165) is 27.6 Å². The molecule has 0 aliphatic rings. The number of carbonyl (C=O) groups is 1. The number of fused-ring (bicyclic) bond motifs is 1. The first-order valence-electron chi connectivity index (χ1n) is 8.90. The van der Waals surface area contributed by atoms with Crippen molar-refractivity contribution in [3.05, 3.63) is 68.8 Å². The fraction of sp³-hybridized carbons (Fsp3) is 0.318. The van der Waals surface area contributed by atoms with Crippen molar-refractivity contribution >= 4 is 44.4 Å². The molecule has 3 rings (SSSR count). The van der Waals surface area contributed by atoms with Crippen molar-refractivity contribution in [3.8, 4) is 0 Å². The first kappa shape index (κ1) is 20.0. The molecule has 0 atom stereocenters. The second-order valence-corrected chi connectivity index (χ2v) is 9.20. The van der Waals surface area contributed by atoms with Crippen LogP contribution in [0.5, 0.6) is 0 Å². The molecule has 27 heavy (non-hydrogen) atoms. The van der Waals surface area contributed by atoms with Gasteiger partial charge in [0.15, 0.2) is 0 Å². The summed E-state index contributed by atoms with van der Waals surface area (Å²) in [5, 5.41) is 11.0. The molecule has 5 heteroatoms. The van der Waals surface area contributed by atoms with Gasteiger partial charge in [-0.1, -0.05) is 53.5 Å². The molecular formula is C22H23BrClNO2. The van der Waals surface area contributed by atoms with Crippen LogP contribution in [0, 0.1) is 12.3 Å². The summed E-state index contributed by atoms with van der Waals surface area (Å²) in [4.78, 5) is 11.3. The average Bonchev–Trinajstić information content (AvgIpc) is 2.80. The Morgan fingerprint density at radius 2 is 1.85 bits per heavy atom. The molecule has 0 amide bonds. The number of carboxylic acid groups (broad SMARTS) is 1. The molecule has 0 unspecified atom stereocenters. The third-order valence-corrected chi connectivity index (χ3v) is 5.72. The zero-order valence-electron chi connectivity index (χ0n) is 15.7. The largest absolute Gasteiger partial charge is 0.481 e. The van der Waals surface area contributed by atoms with E-state index in [4.69, 9.17) is 11.6 Å².